The number of hydrogen-bond acceptors (Lipinski definition) is 3. The molecular weight excluding hydrogens is 389 g/mol. The van der Waals surface area contributed by atoms with Gasteiger partial charge in [0, 0.05) is 6.54 Å². The van der Waals surface area contributed by atoms with Crippen LogP contribution in [0.25, 0.3) is 5.69 Å². The zero-order valence-corrected chi connectivity index (χ0v) is 17.3. The highest BCUT2D eigenvalue weighted by atomic mass is 35.5. The van der Waals surface area contributed by atoms with Crippen LogP contribution in [0.15, 0.2) is 54.6 Å². The van der Waals surface area contributed by atoms with Crippen LogP contribution < -0.4 is 4.74 Å². The van der Waals surface area contributed by atoms with Crippen molar-refractivity contribution in [2.45, 2.75) is 26.3 Å². The number of aryl methyl sites for hydroxylation is 1. The number of benzene rings is 2. The molecule has 0 spiro atoms. The van der Waals surface area contributed by atoms with Crippen molar-refractivity contribution in [1.82, 2.24) is 14.5 Å². The molecule has 0 N–H and O–H groups in total. The van der Waals surface area contributed by atoms with E-state index in [0.29, 0.717) is 35.1 Å². The Kier molecular flexibility index (Phi) is 6.16. The van der Waals surface area contributed by atoms with Crippen molar-refractivity contribution in [3.05, 3.63) is 76.8 Å². The summed E-state index contributed by atoms with van der Waals surface area (Å²) in [7, 11) is 0. The summed E-state index contributed by atoms with van der Waals surface area (Å²) in [6, 6.07) is 17.4. The zero-order chi connectivity index (χ0) is 20.2. The van der Waals surface area contributed by atoms with Gasteiger partial charge in [-0.2, -0.15) is 4.98 Å². The summed E-state index contributed by atoms with van der Waals surface area (Å²) in [5.41, 5.74) is 2.33. The highest BCUT2D eigenvalue weighted by Gasteiger charge is 2.23. The summed E-state index contributed by atoms with van der Waals surface area (Å²) in [4.78, 5) is 6.89. The van der Waals surface area contributed by atoms with Gasteiger partial charge in [-0.15, -0.1) is 0 Å². The normalized spacial score (nSPS) is 15.6. The molecule has 0 amide bonds. The molecule has 6 heteroatoms. The molecule has 0 bridgehead atoms. The smallest absolute Gasteiger partial charge is 0.302 e. The second kappa shape index (κ2) is 8.97. The first kappa shape index (κ1) is 19.9. The topological polar surface area (TPSA) is 30.3 Å². The van der Waals surface area contributed by atoms with Crippen LogP contribution >= 0.6 is 11.6 Å². The maximum absolute atomic E-state index is 14.3. The molecule has 1 saturated heterocycles. The van der Waals surface area contributed by atoms with Crippen LogP contribution in [0.5, 0.6) is 6.01 Å². The fourth-order valence-electron chi connectivity index (χ4n) is 3.77. The van der Waals surface area contributed by atoms with Crippen molar-refractivity contribution in [3.63, 3.8) is 0 Å². The van der Waals surface area contributed by atoms with Crippen LogP contribution in [-0.2, 0) is 6.54 Å². The second-order valence-corrected chi connectivity index (χ2v) is 7.93. The molecule has 0 radical (unpaired) electrons. The molecule has 4 nitrogen and oxygen atoms in total. The Balaban J connectivity index is 1.37. The van der Waals surface area contributed by atoms with Gasteiger partial charge in [-0.05, 0) is 56.5 Å². The number of likely N-dealkylation sites (tertiary alicyclic amines) is 1. The van der Waals surface area contributed by atoms with Crippen molar-refractivity contribution in [1.29, 1.82) is 0 Å². The standard InChI is InChI=1S/C23H25ClFN3O/c1-17-22(24)28(21-10-6-5-9-20(21)25)23(26-17)29-16-19-11-13-27(14-12-19)15-18-7-3-2-4-8-18/h2-10,19H,11-16H2,1H3. The lowest BCUT2D eigenvalue weighted by Gasteiger charge is -2.31. The van der Waals surface area contributed by atoms with Crippen LogP contribution in [0.4, 0.5) is 4.39 Å². The number of piperidine rings is 1. The van der Waals surface area contributed by atoms with E-state index in [2.05, 4.69) is 34.1 Å². The van der Waals surface area contributed by atoms with Crippen LogP contribution in [0.2, 0.25) is 5.15 Å². The molecule has 0 unspecified atom stereocenters. The van der Waals surface area contributed by atoms with Crippen LogP contribution in [0.1, 0.15) is 24.1 Å². The van der Waals surface area contributed by atoms with Crippen molar-refractivity contribution < 1.29 is 9.13 Å². The van der Waals surface area contributed by atoms with E-state index < -0.39 is 0 Å². The van der Waals surface area contributed by atoms with E-state index in [1.165, 1.54) is 11.6 Å². The fourth-order valence-corrected chi connectivity index (χ4v) is 3.97. The van der Waals surface area contributed by atoms with E-state index in [-0.39, 0.29) is 5.82 Å². The van der Waals surface area contributed by atoms with Crippen LogP contribution in [0.3, 0.4) is 0 Å². The summed E-state index contributed by atoms with van der Waals surface area (Å²) < 4.78 is 21.9. The maximum atomic E-state index is 14.3. The minimum absolute atomic E-state index is 0.351. The highest BCUT2D eigenvalue weighted by molar-refractivity contribution is 6.30. The molecule has 0 saturated carbocycles. The highest BCUT2D eigenvalue weighted by Crippen LogP contribution is 2.30. The first-order valence-electron chi connectivity index (χ1n) is 10.0. The van der Waals surface area contributed by atoms with Gasteiger partial charge < -0.3 is 4.74 Å². The summed E-state index contributed by atoms with van der Waals surface area (Å²) in [6.07, 6.45) is 2.14. The Morgan fingerprint density at radius 1 is 1.07 bits per heavy atom. The van der Waals surface area contributed by atoms with Gasteiger partial charge in [-0.1, -0.05) is 54.1 Å². The lowest BCUT2D eigenvalue weighted by molar-refractivity contribution is 0.131. The SMILES string of the molecule is Cc1nc(OCC2CCN(Cc3ccccc3)CC2)n(-c2ccccc2F)c1Cl. The number of rotatable bonds is 6. The number of aromatic nitrogens is 2. The van der Waals surface area contributed by atoms with Gasteiger partial charge in [-0.3, -0.25) is 4.90 Å². The van der Waals surface area contributed by atoms with E-state index in [0.717, 1.165) is 32.5 Å². The third-order valence-corrected chi connectivity index (χ3v) is 5.89. The van der Waals surface area contributed by atoms with Crippen molar-refractivity contribution in [2.24, 2.45) is 5.92 Å². The van der Waals surface area contributed by atoms with Gasteiger partial charge in [0.2, 0.25) is 0 Å². The molecule has 1 aliphatic rings. The second-order valence-electron chi connectivity index (χ2n) is 7.57. The average Bonchev–Trinajstić information content (AvgIpc) is 3.02. The minimum Gasteiger partial charge on any atom is -0.464 e. The molecule has 1 aromatic heterocycles. The maximum Gasteiger partial charge on any atom is 0.302 e. The largest absolute Gasteiger partial charge is 0.464 e. The van der Waals surface area contributed by atoms with E-state index in [9.17, 15) is 4.39 Å². The van der Waals surface area contributed by atoms with Gasteiger partial charge in [-0.25, -0.2) is 8.96 Å². The summed E-state index contributed by atoms with van der Waals surface area (Å²) in [6.45, 7) is 5.44. The summed E-state index contributed by atoms with van der Waals surface area (Å²) in [5, 5.41) is 0.378. The van der Waals surface area contributed by atoms with Gasteiger partial charge in [0.25, 0.3) is 0 Å². The van der Waals surface area contributed by atoms with Gasteiger partial charge in [0.05, 0.1) is 18.0 Å². The molecule has 2 heterocycles. The zero-order valence-electron chi connectivity index (χ0n) is 16.5. The molecule has 2 aromatic carbocycles. The molecule has 152 valence electrons. The molecule has 0 aliphatic carbocycles. The lowest BCUT2D eigenvalue weighted by atomic mass is 9.97. The van der Waals surface area contributed by atoms with E-state index in [1.54, 1.807) is 29.7 Å². The number of nitrogens with zero attached hydrogens (tertiary/aromatic N) is 3. The summed E-state index contributed by atoms with van der Waals surface area (Å²) >= 11 is 6.39. The number of hydrogen-bond donors (Lipinski definition) is 0. The Hall–Kier alpha value is -2.37. The molecular formula is C23H25ClFN3O. The Labute approximate surface area is 175 Å². The molecule has 1 fully saturated rings. The number of halogens is 2. The van der Waals surface area contributed by atoms with Gasteiger partial charge in [0.1, 0.15) is 11.0 Å². The number of ether oxygens (including phenoxy) is 1. The van der Waals surface area contributed by atoms with Crippen LogP contribution in [0, 0.1) is 18.7 Å². The molecule has 29 heavy (non-hydrogen) atoms. The van der Waals surface area contributed by atoms with Gasteiger partial charge in [0.15, 0.2) is 0 Å². The summed E-state index contributed by atoms with van der Waals surface area (Å²) in [5.74, 6) is 0.0951. The molecule has 0 atom stereocenters. The van der Waals surface area contributed by atoms with E-state index >= 15 is 0 Å². The van der Waals surface area contributed by atoms with Crippen molar-refractivity contribution in [3.8, 4) is 11.7 Å². The minimum atomic E-state index is -0.356. The lowest BCUT2D eigenvalue weighted by Crippen LogP contribution is -2.35. The third-order valence-electron chi connectivity index (χ3n) is 5.45. The first-order chi connectivity index (χ1) is 14.1. The number of para-hydroxylation sites is 1. The molecule has 1 aliphatic heterocycles. The molecule has 3 aromatic rings. The monoisotopic (exact) mass is 413 g/mol. The molecule has 4 rings (SSSR count). The fraction of sp³-hybridized carbons (Fsp3) is 0.348. The Morgan fingerprint density at radius 2 is 1.76 bits per heavy atom. The first-order valence-corrected chi connectivity index (χ1v) is 10.4. The van der Waals surface area contributed by atoms with E-state index in [1.807, 2.05) is 6.07 Å². The van der Waals surface area contributed by atoms with Crippen molar-refractivity contribution in [2.75, 3.05) is 19.7 Å². The number of imidazole rings is 1. The van der Waals surface area contributed by atoms with Gasteiger partial charge >= 0.3 is 6.01 Å². The Morgan fingerprint density at radius 3 is 2.48 bits per heavy atom. The predicted octanol–water partition coefficient (Wildman–Crippen LogP) is 5.26. The van der Waals surface area contributed by atoms with E-state index in [4.69, 9.17) is 16.3 Å². The predicted molar refractivity (Wildman–Crippen MR) is 113 cm³/mol. The third kappa shape index (κ3) is 4.62. The quantitative estimate of drug-likeness (QED) is 0.551. The van der Waals surface area contributed by atoms with Crippen molar-refractivity contribution >= 4 is 11.6 Å². The Bertz CT molecular complexity index is 952. The average molecular weight is 414 g/mol. The van der Waals surface area contributed by atoms with Crippen LogP contribution in [-0.4, -0.2) is 34.1 Å².